The molecule has 7 heteroatoms. The molecule has 0 spiro atoms. The number of carboxylic acids is 1. The monoisotopic (exact) mass is 458 g/mol. The molecule has 1 aliphatic carbocycles. The number of carboxylic acid groups (broad SMARTS) is 1. The van der Waals surface area contributed by atoms with E-state index in [1.807, 2.05) is 36.4 Å². The van der Waals surface area contributed by atoms with Crippen LogP contribution in [-0.4, -0.2) is 35.2 Å². The molecule has 3 aromatic rings. The molecule has 1 aliphatic rings. The van der Waals surface area contributed by atoms with Gasteiger partial charge in [0.1, 0.15) is 12.1 Å². The quantitative estimate of drug-likeness (QED) is 0.481. The Hall–Kier alpha value is -4.13. The molecule has 3 aromatic carbocycles. The standard InChI is InChI=1S/C27H26N2O5/c1-27(2,25(32)28-18-13-11-17(12-14-18)15-24(30)31)29-26(33)34-16-23-21-9-5-3-7-19(21)20-8-4-6-10-22(20)23/h3-14,23H,15-16H2,1-2H3,(H,28,32)(H,29,33)(H,30,31). The number of amides is 2. The van der Waals surface area contributed by atoms with Crippen molar-refractivity contribution in [2.75, 3.05) is 11.9 Å². The molecule has 0 radical (unpaired) electrons. The lowest BCUT2D eigenvalue weighted by Crippen LogP contribution is -2.52. The lowest BCUT2D eigenvalue weighted by atomic mass is 9.98. The summed E-state index contributed by atoms with van der Waals surface area (Å²) < 4.78 is 5.54. The normalized spacial score (nSPS) is 12.4. The molecule has 0 fully saturated rings. The average molecular weight is 459 g/mol. The lowest BCUT2D eigenvalue weighted by molar-refractivity contribution is -0.136. The van der Waals surface area contributed by atoms with Gasteiger partial charge in [0.15, 0.2) is 0 Å². The number of carbonyl (C=O) groups excluding carboxylic acids is 2. The number of ether oxygens (including phenoxy) is 1. The summed E-state index contributed by atoms with van der Waals surface area (Å²) in [6.45, 7) is 3.33. The van der Waals surface area contributed by atoms with Crippen LogP contribution in [0.25, 0.3) is 11.1 Å². The molecule has 3 N–H and O–H groups in total. The Bertz CT molecular complexity index is 1190. The van der Waals surface area contributed by atoms with Gasteiger partial charge in [-0.15, -0.1) is 0 Å². The van der Waals surface area contributed by atoms with Gasteiger partial charge in [-0.2, -0.15) is 0 Å². The summed E-state index contributed by atoms with van der Waals surface area (Å²) in [5, 5.41) is 14.2. The van der Waals surface area contributed by atoms with Crippen LogP contribution in [0.15, 0.2) is 72.8 Å². The van der Waals surface area contributed by atoms with Gasteiger partial charge in [-0.25, -0.2) is 4.79 Å². The van der Waals surface area contributed by atoms with Gasteiger partial charge in [-0.05, 0) is 53.8 Å². The van der Waals surface area contributed by atoms with Gasteiger partial charge in [0, 0.05) is 11.6 Å². The average Bonchev–Trinajstić information content (AvgIpc) is 3.12. The summed E-state index contributed by atoms with van der Waals surface area (Å²) in [5.41, 5.74) is 4.40. The zero-order chi connectivity index (χ0) is 24.3. The van der Waals surface area contributed by atoms with Crippen LogP contribution >= 0.6 is 0 Å². The third kappa shape index (κ3) is 4.93. The van der Waals surface area contributed by atoms with Crippen molar-refractivity contribution in [2.45, 2.75) is 31.7 Å². The van der Waals surface area contributed by atoms with Crippen molar-refractivity contribution in [3.05, 3.63) is 89.5 Å². The maximum absolute atomic E-state index is 12.7. The van der Waals surface area contributed by atoms with E-state index in [4.69, 9.17) is 9.84 Å². The Morgan fingerprint density at radius 2 is 1.44 bits per heavy atom. The zero-order valence-electron chi connectivity index (χ0n) is 19.0. The number of hydrogen-bond donors (Lipinski definition) is 3. The second kappa shape index (κ2) is 9.39. The van der Waals surface area contributed by atoms with E-state index in [0.29, 0.717) is 11.3 Å². The van der Waals surface area contributed by atoms with Crippen LogP contribution in [0.2, 0.25) is 0 Å². The highest BCUT2D eigenvalue weighted by molar-refractivity contribution is 5.99. The van der Waals surface area contributed by atoms with E-state index in [9.17, 15) is 14.4 Å². The smallest absolute Gasteiger partial charge is 0.408 e. The van der Waals surface area contributed by atoms with Crippen molar-refractivity contribution in [3.63, 3.8) is 0 Å². The maximum Gasteiger partial charge on any atom is 0.408 e. The number of rotatable bonds is 7. The molecular weight excluding hydrogens is 432 g/mol. The Balaban J connectivity index is 1.36. The Labute approximate surface area is 197 Å². The Morgan fingerprint density at radius 1 is 0.882 bits per heavy atom. The molecule has 0 atom stereocenters. The molecule has 0 saturated carbocycles. The number of alkyl carbamates (subject to hydrolysis) is 1. The minimum atomic E-state index is -1.23. The summed E-state index contributed by atoms with van der Waals surface area (Å²) in [4.78, 5) is 36.1. The summed E-state index contributed by atoms with van der Waals surface area (Å²) in [7, 11) is 0. The predicted molar refractivity (Wildman–Crippen MR) is 129 cm³/mol. The largest absolute Gasteiger partial charge is 0.481 e. The maximum atomic E-state index is 12.7. The Morgan fingerprint density at radius 3 is 2.00 bits per heavy atom. The van der Waals surface area contributed by atoms with Crippen molar-refractivity contribution in [1.29, 1.82) is 0 Å². The van der Waals surface area contributed by atoms with Gasteiger partial charge >= 0.3 is 12.1 Å². The first-order chi connectivity index (χ1) is 16.2. The van der Waals surface area contributed by atoms with E-state index < -0.39 is 23.5 Å². The predicted octanol–water partition coefficient (Wildman–Crippen LogP) is 4.57. The third-order valence-electron chi connectivity index (χ3n) is 5.89. The van der Waals surface area contributed by atoms with E-state index in [0.717, 1.165) is 22.3 Å². The van der Waals surface area contributed by atoms with Crippen LogP contribution in [0.5, 0.6) is 0 Å². The highest BCUT2D eigenvalue weighted by atomic mass is 16.5. The van der Waals surface area contributed by atoms with E-state index in [-0.39, 0.29) is 18.9 Å². The zero-order valence-corrected chi connectivity index (χ0v) is 19.0. The van der Waals surface area contributed by atoms with Crippen molar-refractivity contribution in [2.24, 2.45) is 0 Å². The van der Waals surface area contributed by atoms with Crippen LogP contribution < -0.4 is 10.6 Å². The van der Waals surface area contributed by atoms with Gasteiger partial charge in [-0.1, -0.05) is 60.7 Å². The van der Waals surface area contributed by atoms with E-state index >= 15 is 0 Å². The van der Waals surface area contributed by atoms with Crippen molar-refractivity contribution in [1.82, 2.24) is 5.32 Å². The minimum Gasteiger partial charge on any atom is -0.481 e. The summed E-state index contributed by atoms with van der Waals surface area (Å²) in [6, 6.07) is 22.7. The van der Waals surface area contributed by atoms with Crippen LogP contribution in [0, 0.1) is 0 Å². The van der Waals surface area contributed by atoms with Crippen LogP contribution in [0.3, 0.4) is 0 Å². The molecule has 7 nitrogen and oxygen atoms in total. The summed E-state index contributed by atoms with van der Waals surface area (Å²) in [6.07, 6.45) is -0.776. The molecule has 4 rings (SSSR count). The third-order valence-corrected chi connectivity index (χ3v) is 5.89. The lowest BCUT2D eigenvalue weighted by Gasteiger charge is -2.25. The van der Waals surface area contributed by atoms with E-state index in [1.165, 1.54) is 0 Å². The fraction of sp³-hybridized carbons (Fsp3) is 0.222. The summed E-state index contributed by atoms with van der Waals surface area (Å²) >= 11 is 0. The van der Waals surface area contributed by atoms with Crippen molar-refractivity contribution < 1.29 is 24.2 Å². The number of hydrogen-bond acceptors (Lipinski definition) is 4. The fourth-order valence-corrected chi connectivity index (χ4v) is 4.11. The molecule has 2 amide bonds. The molecule has 0 saturated heterocycles. The molecule has 0 aromatic heterocycles. The number of aliphatic carboxylic acids is 1. The van der Waals surface area contributed by atoms with Crippen molar-refractivity contribution >= 4 is 23.7 Å². The summed E-state index contributed by atoms with van der Waals surface area (Å²) in [5.74, 6) is -1.42. The van der Waals surface area contributed by atoms with Gasteiger partial charge in [0.2, 0.25) is 5.91 Å². The highest BCUT2D eigenvalue weighted by Crippen LogP contribution is 2.44. The highest BCUT2D eigenvalue weighted by Gasteiger charge is 2.32. The van der Waals surface area contributed by atoms with Crippen LogP contribution in [-0.2, 0) is 20.7 Å². The van der Waals surface area contributed by atoms with Gasteiger partial charge in [0.05, 0.1) is 6.42 Å². The van der Waals surface area contributed by atoms with Crippen LogP contribution in [0.4, 0.5) is 10.5 Å². The fourth-order valence-electron chi connectivity index (χ4n) is 4.11. The van der Waals surface area contributed by atoms with E-state index in [1.54, 1.807) is 38.1 Å². The first kappa shape index (κ1) is 23.0. The molecule has 174 valence electrons. The first-order valence-corrected chi connectivity index (χ1v) is 11.0. The van der Waals surface area contributed by atoms with Gasteiger partial charge in [-0.3, -0.25) is 9.59 Å². The Kier molecular flexibility index (Phi) is 6.36. The first-order valence-electron chi connectivity index (χ1n) is 11.0. The minimum absolute atomic E-state index is 0.0700. The second-order valence-electron chi connectivity index (χ2n) is 8.80. The molecule has 0 heterocycles. The van der Waals surface area contributed by atoms with Crippen molar-refractivity contribution in [3.8, 4) is 11.1 Å². The second-order valence-corrected chi connectivity index (χ2v) is 8.80. The number of nitrogens with one attached hydrogen (secondary N) is 2. The topological polar surface area (TPSA) is 105 Å². The molecular formula is C27H26N2O5. The van der Waals surface area contributed by atoms with E-state index in [2.05, 4.69) is 22.8 Å². The molecule has 34 heavy (non-hydrogen) atoms. The number of benzene rings is 3. The number of fused-ring (bicyclic) bond motifs is 3. The van der Waals surface area contributed by atoms with Gasteiger partial charge in [0.25, 0.3) is 0 Å². The molecule has 0 bridgehead atoms. The number of anilines is 1. The SMILES string of the molecule is CC(C)(NC(=O)OCC1c2ccccc2-c2ccccc21)C(=O)Nc1ccc(CC(=O)O)cc1. The van der Waals surface area contributed by atoms with Gasteiger partial charge < -0.3 is 20.5 Å². The molecule has 0 unspecified atom stereocenters. The van der Waals surface area contributed by atoms with Crippen LogP contribution in [0.1, 0.15) is 36.5 Å². The number of carbonyl (C=O) groups is 3. The molecule has 0 aliphatic heterocycles.